The molecule has 0 saturated heterocycles. The van der Waals surface area contributed by atoms with E-state index in [0.717, 1.165) is 11.5 Å². The largest absolute Gasteiger partial charge is 0.444 e. The van der Waals surface area contributed by atoms with Crippen LogP contribution in [0.15, 0.2) is 33.7 Å². The lowest BCUT2D eigenvalue weighted by Crippen LogP contribution is -2.36. The van der Waals surface area contributed by atoms with Gasteiger partial charge in [0.2, 0.25) is 5.89 Å². The van der Waals surface area contributed by atoms with Crippen molar-refractivity contribution in [3.8, 4) is 0 Å². The predicted molar refractivity (Wildman–Crippen MR) is 109 cm³/mol. The lowest BCUT2D eigenvalue weighted by Gasteiger charge is -2.15. The SMILES string of the molecule is CN=C(NCc1cccc(N(C)C)c1)NCc1nc(C)c(C)o1.I. The highest BCUT2D eigenvalue weighted by Crippen LogP contribution is 2.13. The third-order valence-corrected chi connectivity index (χ3v) is 3.59. The minimum atomic E-state index is 0. The van der Waals surface area contributed by atoms with Gasteiger partial charge in [-0.1, -0.05) is 12.1 Å². The maximum absolute atomic E-state index is 5.55. The summed E-state index contributed by atoms with van der Waals surface area (Å²) in [6.07, 6.45) is 0. The molecule has 2 rings (SSSR count). The number of nitrogens with zero attached hydrogens (tertiary/aromatic N) is 3. The molecule has 1 aromatic carbocycles. The van der Waals surface area contributed by atoms with Gasteiger partial charge in [-0.05, 0) is 31.5 Å². The fourth-order valence-corrected chi connectivity index (χ4v) is 2.13. The van der Waals surface area contributed by atoms with Crippen molar-refractivity contribution in [2.24, 2.45) is 4.99 Å². The van der Waals surface area contributed by atoms with Crippen molar-refractivity contribution in [3.63, 3.8) is 0 Å². The molecule has 0 unspecified atom stereocenters. The normalized spacial score (nSPS) is 11.0. The first kappa shape index (κ1) is 20.3. The van der Waals surface area contributed by atoms with Gasteiger partial charge in [-0.15, -0.1) is 24.0 Å². The topological polar surface area (TPSA) is 65.7 Å². The molecule has 132 valence electrons. The number of benzene rings is 1. The van der Waals surface area contributed by atoms with E-state index in [1.54, 1.807) is 7.05 Å². The Labute approximate surface area is 160 Å². The summed E-state index contributed by atoms with van der Waals surface area (Å²) in [7, 11) is 5.82. The molecule has 0 saturated carbocycles. The summed E-state index contributed by atoms with van der Waals surface area (Å²) in [6.45, 7) is 5.06. The van der Waals surface area contributed by atoms with Crippen molar-refractivity contribution in [1.29, 1.82) is 0 Å². The van der Waals surface area contributed by atoms with Crippen molar-refractivity contribution < 1.29 is 4.42 Å². The Balaban J connectivity index is 0.00000288. The number of halogens is 1. The molecule has 1 aromatic heterocycles. The van der Waals surface area contributed by atoms with Crippen LogP contribution in [0.2, 0.25) is 0 Å². The first-order chi connectivity index (χ1) is 11.0. The standard InChI is InChI=1S/C17H25N5O.HI/c1-12-13(2)23-16(21-12)11-20-17(18-3)19-10-14-7-6-8-15(9-14)22(4)5;/h6-9H,10-11H2,1-5H3,(H2,18,19,20);1H. The summed E-state index contributed by atoms with van der Waals surface area (Å²) in [5, 5.41) is 6.50. The third kappa shape index (κ3) is 5.70. The van der Waals surface area contributed by atoms with Crippen LogP contribution < -0.4 is 15.5 Å². The molecule has 7 heteroatoms. The van der Waals surface area contributed by atoms with E-state index < -0.39 is 0 Å². The number of aryl methyl sites for hydroxylation is 2. The maximum atomic E-state index is 5.55. The van der Waals surface area contributed by atoms with Gasteiger partial charge in [0, 0.05) is 33.4 Å². The first-order valence-corrected chi connectivity index (χ1v) is 7.63. The van der Waals surface area contributed by atoms with Crippen LogP contribution in [0.1, 0.15) is 22.9 Å². The van der Waals surface area contributed by atoms with E-state index in [1.165, 1.54) is 11.3 Å². The Morgan fingerprint density at radius 1 is 1.21 bits per heavy atom. The maximum Gasteiger partial charge on any atom is 0.214 e. The van der Waals surface area contributed by atoms with Gasteiger partial charge in [0.05, 0.1) is 12.2 Å². The van der Waals surface area contributed by atoms with Crippen LogP contribution in [-0.4, -0.2) is 32.1 Å². The van der Waals surface area contributed by atoms with E-state index in [0.29, 0.717) is 24.9 Å². The van der Waals surface area contributed by atoms with E-state index in [-0.39, 0.29) is 24.0 Å². The Hall–Kier alpha value is -1.77. The summed E-state index contributed by atoms with van der Waals surface area (Å²) >= 11 is 0. The lowest BCUT2D eigenvalue weighted by molar-refractivity contribution is 0.463. The Morgan fingerprint density at radius 2 is 1.92 bits per heavy atom. The van der Waals surface area contributed by atoms with Crippen molar-refractivity contribution >= 4 is 35.6 Å². The lowest BCUT2D eigenvalue weighted by atomic mass is 10.2. The van der Waals surface area contributed by atoms with Gasteiger partial charge in [-0.25, -0.2) is 4.98 Å². The number of aromatic nitrogens is 1. The third-order valence-electron chi connectivity index (χ3n) is 3.59. The zero-order chi connectivity index (χ0) is 16.8. The molecule has 0 aliphatic heterocycles. The monoisotopic (exact) mass is 443 g/mol. The van der Waals surface area contributed by atoms with Crippen LogP contribution in [0.25, 0.3) is 0 Å². The number of nitrogens with one attached hydrogen (secondary N) is 2. The summed E-state index contributed by atoms with van der Waals surface area (Å²) < 4.78 is 5.55. The molecule has 2 aromatic rings. The Bertz CT molecular complexity index is 662. The molecule has 0 fully saturated rings. The smallest absolute Gasteiger partial charge is 0.214 e. The van der Waals surface area contributed by atoms with E-state index in [1.807, 2.05) is 27.9 Å². The number of oxazole rings is 1. The number of rotatable bonds is 5. The van der Waals surface area contributed by atoms with Crippen LogP contribution >= 0.6 is 24.0 Å². The van der Waals surface area contributed by atoms with Crippen LogP contribution in [0.4, 0.5) is 5.69 Å². The highest BCUT2D eigenvalue weighted by atomic mass is 127. The summed E-state index contributed by atoms with van der Waals surface area (Å²) in [5.74, 6) is 2.23. The van der Waals surface area contributed by atoms with Gasteiger partial charge >= 0.3 is 0 Å². The molecule has 0 radical (unpaired) electrons. The van der Waals surface area contributed by atoms with Crippen LogP contribution in [0, 0.1) is 13.8 Å². The zero-order valence-corrected chi connectivity index (χ0v) is 17.2. The summed E-state index contributed by atoms with van der Waals surface area (Å²) in [4.78, 5) is 10.7. The summed E-state index contributed by atoms with van der Waals surface area (Å²) in [6, 6.07) is 8.39. The number of hydrogen-bond donors (Lipinski definition) is 2. The van der Waals surface area contributed by atoms with Crippen molar-refractivity contribution in [2.75, 3.05) is 26.0 Å². The molecule has 0 aliphatic carbocycles. The fourth-order valence-electron chi connectivity index (χ4n) is 2.13. The molecule has 24 heavy (non-hydrogen) atoms. The van der Waals surface area contributed by atoms with Gasteiger partial charge in [-0.2, -0.15) is 0 Å². The van der Waals surface area contributed by atoms with Crippen molar-refractivity contribution in [1.82, 2.24) is 15.6 Å². The quantitative estimate of drug-likeness (QED) is 0.423. The van der Waals surface area contributed by atoms with Crippen LogP contribution in [0.5, 0.6) is 0 Å². The van der Waals surface area contributed by atoms with Crippen molar-refractivity contribution in [2.45, 2.75) is 26.9 Å². The van der Waals surface area contributed by atoms with Crippen LogP contribution in [0.3, 0.4) is 0 Å². The minimum absolute atomic E-state index is 0. The molecule has 0 aliphatic rings. The highest BCUT2D eigenvalue weighted by Gasteiger charge is 2.06. The Morgan fingerprint density at radius 3 is 2.50 bits per heavy atom. The number of hydrogen-bond acceptors (Lipinski definition) is 4. The average molecular weight is 443 g/mol. The molecule has 0 amide bonds. The fraction of sp³-hybridized carbons (Fsp3) is 0.412. The van der Waals surface area contributed by atoms with Gasteiger partial charge in [-0.3, -0.25) is 4.99 Å². The molecule has 1 heterocycles. The van der Waals surface area contributed by atoms with E-state index in [9.17, 15) is 0 Å². The molecule has 6 nitrogen and oxygen atoms in total. The van der Waals surface area contributed by atoms with Gasteiger partial charge in [0.15, 0.2) is 5.96 Å². The minimum Gasteiger partial charge on any atom is -0.444 e. The second-order valence-electron chi connectivity index (χ2n) is 5.59. The van der Waals surface area contributed by atoms with E-state index in [4.69, 9.17) is 4.42 Å². The van der Waals surface area contributed by atoms with Crippen LogP contribution in [-0.2, 0) is 13.1 Å². The van der Waals surface area contributed by atoms with E-state index in [2.05, 4.69) is 49.8 Å². The molecular weight excluding hydrogens is 417 g/mol. The molecular formula is C17H26IN5O. The number of guanidine groups is 1. The number of anilines is 1. The Kier molecular flexibility index (Phi) is 8.03. The highest BCUT2D eigenvalue weighted by molar-refractivity contribution is 14.0. The van der Waals surface area contributed by atoms with Gasteiger partial charge in [0.1, 0.15) is 5.76 Å². The summed E-state index contributed by atoms with van der Waals surface area (Å²) in [5.41, 5.74) is 3.30. The predicted octanol–water partition coefficient (Wildman–Crippen LogP) is 2.84. The second-order valence-corrected chi connectivity index (χ2v) is 5.59. The molecule has 0 atom stereocenters. The van der Waals surface area contributed by atoms with Gasteiger partial charge in [0.25, 0.3) is 0 Å². The average Bonchev–Trinajstić information content (AvgIpc) is 2.86. The van der Waals surface area contributed by atoms with Gasteiger partial charge < -0.3 is 20.0 Å². The number of aliphatic imine (C=N–C) groups is 1. The molecule has 0 spiro atoms. The van der Waals surface area contributed by atoms with E-state index >= 15 is 0 Å². The zero-order valence-electron chi connectivity index (χ0n) is 14.9. The molecule has 2 N–H and O–H groups in total. The van der Waals surface area contributed by atoms with Crippen molar-refractivity contribution in [3.05, 3.63) is 47.2 Å². The molecule has 0 bridgehead atoms. The second kappa shape index (κ2) is 9.51. The first-order valence-electron chi connectivity index (χ1n) is 7.63.